The molecule has 1 aromatic heterocycles. The molecule has 0 saturated heterocycles. The smallest absolute Gasteiger partial charge is 0.185 e. The highest BCUT2D eigenvalue weighted by molar-refractivity contribution is 7.15. The van der Waals surface area contributed by atoms with E-state index in [0.29, 0.717) is 0 Å². The van der Waals surface area contributed by atoms with Gasteiger partial charge in [0.2, 0.25) is 0 Å². The highest BCUT2D eigenvalue weighted by Crippen LogP contribution is 2.44. The molecule has 0 amide bonds. The lowest BCUT2D eigenvalue weighted by atomic mass is 10.2. The standard InChI is InChI=1S/C13H21N3S/c1-3-16(2)13-15-12(9-4-5-9)11(17-13)8-14-10-6-7-10/h9-10,14H,3-8H2,1-2H3. The third-order valence-electron chi connectivity index (χ3n) is 3.61. The van der Waals surface area contributed by atoms with Crippen molar-refractivity contribution in [2.75, 3.05) is 18.5 Å². The Hall–Kier alpha value is -0.610. The highest BCUT2D eigenvalue weighted by atomic mass is 32.1. The Morgan fingerprint density at radius 2 is 2.12 bits per heavy atom. The van der Waals surface area contributed by atoms with E-state index in [1.807, 2.05) is 11.3 Å². The Balaban J connectivity index is 1.75. The minimum absolute atomic E-state index is 0.765. The van der Waals surface area contributed by atoms with Crippen LogP contribution in [-0.2, 0) is 6.54 Å². The molecule has 2 aliphatic rings. The van der Waals surface area contributed by atoms with Gasteiger partial charge in [0.05, 0.1) is 5.69 Å². The van der Waals surface area contributed by atoms with Crippen LogP contribution in [0.2, 0.25) is 0 Å². The first-order valence-corrected chi connectivity index (χ1v) is 7.53. The molecule has 2 aliphatic carbocycles. The fourth-order valence-electron chi connectivity index (χ4n) is 1.98. The Kier molecular flexibility index (Phi) is 3.09. The lowest BCUT2D eigenvalue weighted by Crippen LogP contribution is -2.15. The molecule has 0 aromatic carbocycles. The first-order chi connectivity index (χ1) is 8.28. The third-order valence-corrected chi connectivity index (χ3v) is 4.80. The summed E-state index contributed by atoms with van der Waals surface area (Å²) >= 11 is 1.88. The zero-order valence-electron chi connectivity index (χ0n) is 10.7. The van der Waals surface area contributed by atoms with Gasteiger partial charge in [0, 0.05) is 37.0 Å². The molecule has 0 unspecified atom stereocenters. The van der Waals surface area contributed by atoms with E-state index in [0.717, 1.165) is 25.0 Å². The van der Waals surface area contributed by atoms with Gasteiger partial charge in [0.1, 0.15) is 0 Å². The number of anilines is 1. The third kappa shape index (κ3) is 2.63. The minimum atomic E-state index is 0.765. The van der Waals surface area contributed by atoms with Crippen molar-refractivity contribution in [3.63, 3.8) is 0 Å². The zero-order valence-corrected chi connectivity index (χ0v) is 11.5. The average molecular weight is 251 g/mol. The van der Waals surface area contributed by atoms with Crippen molar-refractivity contribution in [1.29, 1.82) is 0 Å². The van der Waals surface area contributed by atoms with Crippen LogP contribution in [0.25, 0.3) is 0 Å². The zero-order chi connectivity index (χ0) is 11.8. The van der Waals surface area contributed by atoms with Crippen LogP contribution in [0.4, 0.5) is 5.13 Å². The fraction of sp³-hybridized carbons (Fsp3) is 0.769. The molecular weight excluding hydrogens is 230 g/mol. The van der Waals surface area contributed by atoms with Crippen LogP contribution in [0.15, 0.2) is 0 Å². The van der Waals surface area contributed by atoms with Gasteiger partial charge < -0.3 is 10.2 Å². The average Bonchev–Trinajstić information content (AvgIpc) is 3.25. The summed E-state index contributed by atoms with van der Waals surface area (Å²) in [5.41, 5.74) is 1.39. The summed E-state index contributed by atoms with van der Waals surface area (Å²) in [5, 5.41) is 4.81. The molecule has 2 saturated carbocycles. The van der Waals surface area contributed by atoms with Crippen molar-refractivity contribution < 1.29 is 0 Å². The number of aromatic nitrogens is 1. The van der Waals surface area contributed by atoms with Gasteiger partial charge in [-0.3, -0.25) is 0 Å². The highest BCUT2D eigenvalue weighted by Gasteiger charge is 2.30. The number of thiazole rings is 1. The molecule has 2 fully saturated rings. The summed E-state index contributed by atoms with van der Waals surface area (Å²) < 4.78 is 0. The molecule has 1 heterocycles. The van der Waals surface area contributed by atoms with E-state index in [9.17, 15) is 0 Å². The van der Waals surface area contributed by atoms with Crippen molar-refractivity contribution in [3.8, 4) is 0 Å². The maximum Gasteiger partial charge on any atom is 0.185 e. The van der Waals surface area contributed by atoms with Crippen LogP contribution in [0, 0.1) is 0 Å². The molecule has 4 heteroatoms. The summed E-state index contributed by atoms with van der Waals surface area (Å²) in [5.74, 6) is 0.765. The van der Waals surface area contributed by atoms with E-state index >= 15 is 0 Å². The number of hydrogen-bond acceptors (Lipinski definition) is 4. The van der Waals surface area contributed by atoms with Crippen molar-refractivity contribution >= 4 is 16.5 Å². The number of nitrogens with zero attached hydrogens (tertiary/aromatic N) is 2. The molecule has 3 nitrogen and oxygen atoms in total. The fourth-order valence-corrected chi connectivity index (χ4v) is 3.10. The molecule has 0 aliphatic heterocycles. The van der Waals surface area contributed by atoms with Gasteiger partial charge in [-0.2, -0.15) is 0 Å². The van der Waals surface area contributed by atoms with Crippen LogP contribution in [0.1, 0.15) is 49.1 Å². The van der Waals surface area contributed by atoms with Gasteiger partial charge in [-0.05, 0) is 32.6 Å². The number of nitrogens with one attached hydrogen (secondary N) is 1. The van der Waals surface area contributed by atoms with E-state index in [-0.39, 0.29) is 0 Å². The van der Waals surface area contributed by atoms with Crippen LogP contribution in [0.5, 0.6) is 0 Å². The molecule has 0 spiro atoms. The molecule has 3 rings (SSSR count). The summed E-state index contributed by atoms with van der Waals surface area (Å²) in [6.07, 6.45) is 5.41. The van der Waals surface area contributed by atoms with Crippen molar-refractivity contribution in [2.24, 2.45) is 0 Å². The van der Waals surface area contributed by atoms with Crippen LogP contribution in [-0.4, -0.2) is 24.6 Å². The second-order valence-electron chi connectivity index (χ2n) is 5.25. The molecular formula is C13H21N3S. The van der Waals surface area contributed by atoms with Crippen LogP contribution < -0.4 is 10.2 Å². The predicted octanol–water partition coefficient (Wildman–Crippen LogP) is 2.73. The topological polar surface area (TPSA) is 28.2 Å². The Morgan fingerprint density at radius 3 is 2.71 bits per heavy atom. The second-order valence-corrected chi connectivity index (χ2v) is 6.31. The second kappa shape index (κ2) is 4.58. The summed E-state index contributed by atoms with van der Waals surface area (Å²) in [4.78, 5) is 8.57. The van der Waals surface area contributed by atoms with Gasteiger partial charge in [0.25, 0.3) is 0 Å². The van der Waals surface area contributed by atoms with E-state index in [2.05, 4.69) is 24.2 Å². The van der Waals surface area contributed by atoms with Gasteiger partial charge in [-0.25, -0.2) is 4.98 Å². The Labute approximate surface area is 107 Å². The molecule has 1 N–H and O–H groups in total. The molecule has 0 atom stereocenters. The molecule has 0 radical (unpaired) electrons. The number of rotatable bonds is 6. The van der Waals surface area contributed by atoms with E-state index in [1.165, 1.54) is 41.4 Å². The van der Waals surface area contributed by atoms with Crippen molar-refractivity contribution in [2.45, 2.75) is 51.1 Å². The lowest BCUT2D eigenvalue weighted by molar-refractivity contribution is 0.688. The first kappa shape index (κ1) is 11.5. The van der Waals surface area contributed by atoms with E-state index < -0.39 is 0 Å². The van der Waals surface area contributed by atoms with Gasteiger partial charge >= 0.3 is 0 Å². The monoisotopic (exact) mass is 251 g/mol. The molecule has 1 aromatic rings. The van der Waals surface area contributed by atoms with E-state index in [4.69, 9.17) is 4.98 Å². The molecule has 94 valence electrons. The maximum absolute atomic E-state index is 4.85. The van der Waals surface area contributed by atoms with Crippen molar-refractivity contribution in [3.05, 3.63) is 10.6 Å². The Bertz CT molecular complexity index is 393. The van der Waals surface area contributed by atoms with Gasteiger partial charge in [0.15, 0.2) is 5.13 Å². The Morgan fingerprint density at radius 1 is 1.35 bits per heavy atom. The largest absolute Gasteiger partial charge is 0.351 e. The molecule has 0 bridgehead atoms. The quantitative estimate of drug-likeness (QED) is 0.842. The predicted molar refractivity (Wildman–Crippen MR) is 72.9 cm³/mol. The lowest BCUT2D eigenvalue weighted by Gasteiger charge is -2.11. The summed E-state index contributed by atoms with van der Waals surface area (Å²) in [6, 6.07) is 0.788. The maximum atomic E-state index is 4.85. The van der Waals surface area contributed by atoms with Crippen molar-refractivity contribution in [1.82, 2.24) is 10.3 Å². The SMILES string of the molecule is CCN(C)c1nc(C2CC2)c(CNC2CC2)s1. The van der Waals surface area contributed by atoms with Gasteiger partial charge in [-0.15, -0.1) is 11.3 Å². The number of hydrogen-bond donors (Lipinski definition) is 1. The van der Waals surface area contributed by atoms with Crippen LogP contribution in [0.3, 0.4) is 0 Å². The van der Waals surface area contributed by atoms with E-state index in [1.54, 1.807) is 0 Å². The molecule has 17 heavy (non-hydrogen) atoms. The van der Waals surface area contributed by atoms with Gasteiger partial charge in [-0.1, -0.05) is 0 Å². The summed E-state index contributed by atoms with van der Waals surface area (Å²) in [6.45, 7) is 4.25. The van der Waals surface area contributed by atoms with Crippen LogP contribution >= 0.6 is 11.3 Å². The minimum Gasteiger partial charge on any atom is -0.351 e. The summed E-state index contributed by atoms with van der Waals surface area (Å²) in [7, 11) is 2.13. The normalized spacial score (nSPS) is 19.6. The first-order valence-electron chi connectivity index (χ1n) is 6.72.